The van der Waals surface area contributed by atoms with Crippen LogP contribution in [0.4, 0.5) is 0 Å². The molecule has 3 rings (SSSR count). The Kier molecular flexibility index (Phi) is 7.28. The number of benzene rings is 1. The first-order valence-corrected chi connectivity index (χ1v) is 11.0. The number of aliphatic hydroxyl groups is 1. The highest BCUT2D eigenvalue weighted by molar-refractivity contribution is 7.10. The summed E-state index contributed by atoms with van der Waals surface area (Å²) in [5.74, 6) is 0.925. The van der Waals surface area contributed by atoms with Gasteiger partial charge >= 0.3 is 0 Å². The second kappa shape index (κ2) is 9.89. The van der Waals surface area contributed by atoms with Crippen LogP contribution in [0.3, 0.4) is 0 Å². The highest BCUT2D eigenvalue weighted by Crippen LogP contribution is 2.24. The predicted octanol–water partition coefficient (Wildman–Crippen LogP) is 2.83. The van der Waals surface area contributed by atoms with Gasteiger partial charge in [-0.2, -0.15) is 0 Å². The molecule has 7 heteroatoms. The Balaban J connectivity index is 1.56. The third-order valence-corrected chi connectivity index (χ3v) is 6.11. The van der Waals surface area contributed by atoms with Crippen molar-refractivity contribution in [3.05, 3.63) is 57.8 Å². The average molecular weight is 415 g/mol. The minimum Gasteiger partial charge on any atom is -0.383 e. The smallest absolute Gasteiger partial charge is 0.222 e. The lowest BCUT2D eigenvalue weighted by Crippen LogP contribution is -2.44. The molecule has 2 heterocycles. The van der Waals surface area contributed by atoms with Gasteiger partial charge in [0.1, 0.15) is 5.60 Å². The van der Waals surface area contributed by atoms with Crippen LogP contribution in [0.1, 0.15) is 42.7 Å². The summed E-state index contributed by atoms with van der Waals surface area (Å²) in [5, 5.41) is 19.1. The molecule has 29 heavy (non-hydrogen) atoms. The van der Waals surface area contributed by atoms with Crippen LogP contribution in [-0.2, 0) is 23.5 Å². The molecular weight excluding hydrogens is 384 g/mol. The number of hydrogen-bond acceptors (Lipinski definition) is 4. The Hall–Kier alpha value is -2.38. The minimum atomic E-state index is -0.945. The van der Waals surface area contributed by atoms with Crippen molar-refractivity contribution in [3.8, 4) is 0 Å². The van der Waals surface area contributed by atoms with Crippen LogP contribution in [0.2, 0.25) is 0 Å². The lowest BCUT2D eigenvalue weighted by molar-refractivity contribution is -0.128. The maximum Gasteiger partial charge on any atom is 0.222 e. The number of guanidine groups is 1. The fraction of sp³-hybridized carbons (Fsp3) is 0.455. The summed E-state index contributed by atoms with van der Waals surface area (Å²) in [6.07, 6.45) is 1.64. The molecular formula is C22H30N4O2S. The standard InChI is InChI=1S/C22H30N4O2S/c1-3-23-21(25-16-22(2,28)19-6-5-13-29-19)24-14-17-8-10-18(11-9-17)15-26-12-4-7-20(26)27/h5-6,8-11,13,28H,3-4,7,12,14-16H2,1-2H3,(H2,23,24,25). The zero-order valence-corrected chi connectivity index (χ0v) is 18.0. The summed E-state index contributed by atoms with van der Waals surface area (Å²) >= 11 is 1.54. The van der Waals surface area contributed by atoms with Crippen LogP contribution in [0.5, 0.6) is 0 Å². The van der Waals surface area contributed by atoms with Crippen LogP contribution >= 0.6 is 11.3 Å². The van der Waals surface area contributed by atoms with E-state index in [0.717, 1.165) is 35.5 Å². The van der Waals surface area contributed by atoms with Crippen LogP contribution in [0.25, 0.3) is 0 Å². The van der Waals surface area contributed by atoms with E-state index in [9.17, 15) is 9.90 Å². The third kappa shape index (κ3) is 6.05. The second-order valence-corrected chi connectivity index (χ2v) is 8.48. The van der Waals surface area contributed by atoms with Crippen LogP contribution < -0.4 is 10.6 Å². The van der Waals surface area contributed by atoms with E-state index >= 15 is 0 Å². The van der Waals surface area contributed by atoms with Crippen molar-refractivity contribution in [2.24, 2.45) is 4.99 Å². The topological polar surface area (TPSA) is 77.0 Å². The molecule has 1 aliphatic rings. The fourth-order valence-corrected chi connectivity index (χ4v) is 4.07. The van der Waals surface area contributed by atoms with Gasteiger partial charge in [-0.15, -0.1) is 11.3 Å². The van der Waals surface area contributed by atoms with Crippen molar-refractivity contribution in [3.63, 3.8) is 0 Å². The molecule has 1 amide bonds. The molecule has 6 nitrogen and oxygen atoms in total. The molecule has 1 aromatic heterocycles. The monoisotopic (exact) mass is 414 g/mol. The Morgan fingerprint density at radius 3 is 2.62 bits per heavy atom. The summed E-state index contributed by atoms with van der Waals surface area (Å²) in [5.41, 5.74) is 1.30. The van der Waals surface area contributed by atoms with E-state index in [4.69, 9.17) is 0 Å². The average Bonchev–Trinajstić information content (AvgIpc) is 3.38. The molecule has 2 aromatic rings. The van der Waals surface area contributed by atoms with E-state index in [1.807, 2.05) is 29.3 Å². The van der Waals surface area contributed by atoms with Gasteiger partial charge in [0.15, 0.2) is 5.96 Å². The zero-order chi connectivity index (χ0) is 20.7. The molecule has 0 aliphatic carbocycles. The number of nitrogens with one attached hydrogen (secondary N) is 2. The van der Waals surface area contributed by atoms with E-state index in [0.29, 0.717) is 32.0 Å². The van der Waals surface area contributed by atoms with Crippen molar-refractivity contribution >= 4 is 23.2 Å². The number of likely N-dealkylation sites (tertiary alicyclic amines) is 1. The molecule has 1 saturated heterocycles. The van der Waals surface area contributed by atoms with Crippen molar-refractivity contribution in [2.75, 3.05) is 19.6 Å². The van der Waals surface area contributed by atoms with E-state index in [1.54, 1.807) is 18.3 Å². The first kappa shape index (κ1) is 21.3. The van der Waals surface area contributed by atoms with Gasteiger partial charge in [0.2, 0.25) is 5.91 Å². The van der Waals surface area contributed by atoms with Gasteiger partial charge in [0.05, 0.1) is 13.1 Å². The molecule has 1 aromatic carbocycles. The van der Waals surface area contributed by atoms with Crippen LogP contribution in [0, 0.1) is 0 Å². The highest BCUT2D eigenvalue weighted by atomic mass is 32.1. The quantitative estimate of drug-likeness (QED) is 0.459. The summed E-state index contributed by atoms with van der Waals surface area (Å²) in [4.78, 5) is 19.2. The lowest BCUT2D eigenvalue weighted by atomic mass is 10.1. The van der Waals surface area contributed by atoms with Gasteiger partial charge in [-0.25, -0.2) is 4.99 Å². The first-order chi connectivity index (χ1) is 14.0. The van der Waals surface area contributed by atoms with Crippen LogP contribution in [-0.4, -0.2) is 41.5 Å². The van der Waals surface area contributed by atoms with Gasteiger partial charge in [-0.3, -0.25) is 4.79 Å². The number of thiophene rings is 1. The molecule has 0 bridgehead atoms. The number of amides is 1. The second-order valence-electron chi connectivity index (χ2n) is 7.54. The number of nitrogens with zero attached hydrogens (tertiary/aromatic N) is 2. The number of carbonyl (C=O) groups is 1. The normalized spacial score (nSPS) is 16.7. The van der Waals surface area contributed by atoms with Crippen molar-refractivity contribution in [1.29, 1.82) is 0 Å². The SMILES string of the molecule is CCNC(=NCc1ccc(CN2CCCC2=O)cc1)NCC(C)(O)c1cccs1. The molecule has 3 N–H and O–H groups in total. The maximum atomic E-state index is 11.8. The number of hydrogen-bond donors (Lipinski definition) is 3. The Labute approximate surface area is 176 Å². The van der Waals surface area contributed by atoms with Crippen molar-refractivity contribution in [2.45, 2.75) is 45.4 Å². The summed E-state index contributed by atoms with van der Waals surface area (Å²) in [6, 6.07) is 12.1. The van der Waals surface area contributed by atoms with Gasteiger partial charge in [0.25, 0.3) is 0 Å². The highest BCUT2D eigenvalue weighted by Gasteiger charge is 2.24. The fourth-order valence-electron chi connectivity index (χ4n) is 3.28. The van der Waals surface area contributed by atoms with E-state index in [2.05, 4.69) is 39.9 Å². The van der Waals surface area contributed by atoms with Gasteiger partial charge in [-0.1, -0.05) is 30.3 Å². The van der Waals surface area contributed by atoms with Gasteiger partial charge in [0, 0.05) is 30.9 Å². The molecule has 1 fully saturated rings. The predicted molar refractivity (Wildman–Crippen MR) is 118 cm³/mol. The summed E-state index contributed by atoms with van der Waals surface area (Å²) < 4.78 is 0. The number of carbonyl (C=O) groups excluding carboxylic acids is 1. The molecule has 0 spiro atoms. The summed E-state index contributed by atoms with van der Waals surface area (Å²) in [6.45, 7) is 7.03. The van der Waals surface area contributed by atoms with Crippen molar-refractivity contribution in [1.82, 2.24) is 15.5 Å². The lowest BCUT2D eigenvalue weighted by Gasteiger charge is -2.23. The molecule has 0 radical (unpaired) electrons. The number of aliphatic imine (C=N–C) groups is 1. The van der Waals surface area contributed by atoms with E-state index < -0.39 is 5.60 Å². The Morgan fingerprint density at radius 1 is 1.24 bits per heavy atom. The maximum absolute atomic E-state index is 11.8. The molecule has 1 aliphatic heterocycles. The van der Waals surface area contributed by atoms with Gasteiger partial charge < -0.3 is 20.6 Å². The minimum absolute atomic E-state index is 0.249. The van der Waals surface area contributed by atoms with E-state index in [1.165, 1.54) is 0 Å². The zero-order valence-electron chi connectivity index (χ0n) is 17.1. The van der Waals surface area contributed by atoms with Crippen LogP contribution in [0.15, 0.2) is 46.8 Å². The Bertz CT molecular complexity index is 816. The number of rotatable bonds is 8. The third-order valence-electron chi connectivity index (χ3n) is 4.98. The van der Waals surface area contributed by atoms with Crippen molar-refractivity contribution < 1.29 is 9.90 Å². The molecule has 0 saturated carbocycles. The molecule has 156 valence electrons. The molecule has 1 atom stereocenters. The Morgan fingerprint density at radius 2 is 2.00 bits per heavy atom. The molecule has 1 unspecified atom stereocenters. The summed E-state index contributed by atoms with van der Waals surface area (Å²) in [7, 11) is 0. The van der Waals surface area contributed by atoms with E-state index in [-0.39, 0.29) is 5.91 Å². The largest absolute Gasteiger partial charge is 0.383 e. The van der Waals surface area contributed by atoms with Gasteiger partial charge in [-0.05, 0) is 42.8 Å². The first-order valence-electron chi connectivity index (χ1n) is 10.1.